The largest absolute Gasteiger partial charge is 1.00 e. The Morgan fingerprint density at radius 3 is 2.46 bits per heavy atom. The van der Waals surface area contributed by atoms with Crippen molar-refractivity contribution in [1.29, 1.82) is 0 Å². The summed E-state index contributed by atoms with van der Waals surface area (Å²) in [6, 6.07) is 6.06. The number of hydrogen-bond acceptors (Lipinski definition) is 0. The van der Waals surface area contributed by atoms with E-state index in [0.29, 0.717) is 0 Å². The van der Waals surface area contributed by atoms with Gasteiger partial charge in [-0.25, -0.2) is 4.57 Å². The number of nitrogens with zero attached hydrogens (tertiary/aromatic N) is 1. The Hall–Kier alpha value is -0.890. The third-order valence-corrected chi connectivity index (χ3v) is 1.72. The van der Waals surface area contributed by atoms with Crippen LogP contribution in [-0.4, -0.2) is 0 Å². The molecule has 0 aliphatic carbocycles. The quantitative estimate of drug-likeness (QED) is 0.477. The monoisotopic (exact) mass is 239 g/mol. The molecule has 1 aromatic heterocycles. The topological polar surface area (TPSA) is 3.88 Å². The fourth-order valence-electron chi connectivity index (χ4n) is 0.889. The molecule has 1 aromatic rings. The van der Waals surface area contributed by atoms with Gasteiger partial charge in [-0.05, 0) is 18.6 Å². The van der Waals surface area contributed by atoms with Gasteiger partial charge in [-0.1, -0.05) is 18.7 Å². The van der Waals surface area contributed by atoms with E-state index in [1.54, 1.807) is 0 Å². The molecule has 0 unspecified atom stereocenters. The Balaban J connectivity index is 0.00000144. The molecular formula is C11H14BrN. The Morgan fingerprint density at radius 2 is 1.92 bits per heavy atom. The van der Waals surface area contributed by atoms with E-state index in [2.05, 4.69) is 24.1 Å². The van der Waals surface area contributed by atoms with Crippen LogP contribution in [0.15, 0.2) is 54.9 Å². The van der Waals surface area contributed by atoms with Gasteiger partial charge in [-0.15, -0.1) is 0 Å². The first-order valence-corrected chi connectivity index (χ1v) is 4.06. The predicted octanol–water partition coefficient (Wildman–Crippen LogP) is -0.890. The van der Waals surface area contributed by atoms with Crippen LogP contribution in [0.1, 0.15) is 6.92 Å². The summed E-state index contributed by atoms with van der Waals surface area (Å²) < 4.78 is 2.12. The summed E-state index contributed by atoms with van der Waals surface area (Å²) in [4.78, 5) is 0. The molecule has 0 atom stereocenters. The van der Waals surface area contributed by atoms with Gasteiger partial charge in [0.15, 0.2) is 18.9 Å². The van der Waals surface area contributed by atoms with Gasteiger partial charge >= 0.3 is 0 Å². The van der Waals surface area contributed by atoms with Crippen molar-refractivity contribution in [3.8, 4) is 0 Å². The smallest absolute Gasteiger partial charge is 0.169 e. The molecule has 2 heteroatoms. The van der Waals surface area contributed by atoms with Crippen molar-refractivity contribution in [3.05, 3.63) is 54.9 Å². The number of allylic oxidation sites excluding steroid dienone is 3. The van der Waals surface area contributed by atoms with Crippen LogP contribution >= 0.6 is 0 Å². The van der Waals surface area contributed by atoms with Crippen molar-refractivity contribution < 1.29 is 21.5 Å². The molecule has 0 bridgehead atoms. The summed E-state index contributed by atoms with van der Waals surface area (Å²) in [6.45, 7) is 6.66. The highest BCUT2D eigenvalue weighted by Gasteiger charge is 1.92. The summed E-state index contributed by atoms with van der Waals surface area (Å²) in [7, 11) is 0. The zero-order chi connectivity index (χ0) is 8.81. The zero-order valence-corrected chi connectivity index (χ0v) is 9.37. The van der Waals surface area contributed by atoms with Crippen LogP contribution in [0, 0.1) is 0 Å². The first kappa shape index (κ1) is 12.1. The second kappa shape index (κ2) is 6.61. The molecule has 0 aliphatic rings. The minimum Gasteiger partial charge on any atom is -1.00 e. The maximum atomic E-state index is 3.70. The van der Waals surface area contributed by atoms with Gasteiger partial charge < -0.3 is 17.0 Å². The maximum absolute atomic E-state index is 3.70. The van der Waals surface area contributed by atoms with Crippen LogP contribution in [0.3, 0.4) is 0 Å². The van der Waals surface area contributed by atoms with Crippen LogP contribution < -0.4 is 21.5 Å². The highest BCUT2D eigenvalue weighted by Crippen LogP contribution is 1.91. The van der Waals surface area contributed by atoms with Crippen molar-refractivity contribution in [2.75, 3.05) is 0 Å². The highest BCUT2D eigenvalue weighted by atomic mass is 79.9. The Bertz CT molecular complexity index is 277. The Kier molecular flexibility index (Phi) is 6.15. The second-order valence-electron chi connectivity index (χ2n) is 2.72. The molecule has 0 aliphatic heterocycles. The first-order valence-electron chi connectivity index (χ1n) is 4.06. The van der Waals surface area contributed by atoms with Crippen molar-refractivity contribution in [3.63, 3.8) is 0 Å². The van der Waals surface area contributed by atoms with Gasteiger partial charge in [-0.3, -0.25) is 0 Å². The molecule has 0 fully saturated rings. The average Bonchev–Trinajstić information content (AvgIpc) is 2.16. The van der Waals surface area contributed by atoms with E-state index in [4.69, 9.17) is 0 Å². The lowest BCUT2D eigenvalue weighted by atomic mass is 10.3. The molecule has 1 heterocycles. The van der Waals surface area contributed by atoms with Gasteiger partial charge in [0.05, 0.1) is 0 Å². The fraction of sp³-hybridized carbons (Fsp3) is 0.182. The van der Waals surface area contributed by atoms with Crippen LogP contribution in [-0.2, 0) is 6.54 Å². The van der Waals surface area contributed by atoms with E-state index < -0.39 is 0 Å². The Labute approximate surface area is 90.2 Å². The van der Waals surface area contributed by atoms with Gasteiger partial charge in [0.25, 0.3) is 0 Å². The van der Waals surface area contributed by atoms with Gasteiger partial charge in [-0.2, -0.15) is 0 Å². The first-order chi connectivity index (χ1) is 5.83. The fourth-order valence-corrected chi connectivity index (χ4v) is 0.889. The van der Waals surface area contributed by atoms with Crippen LogP contribution in [0.4, 0.5) is 0 Å². The van der Waals surface area contributed by atoms with Crippen molar-refractivity contribution in [2.24, 2.45) is 0 Å². The van der Waals surface area contributed by atoms with Gasteiger partial charge in [0, 0.05) is 12.1 Å². The van der Waals surface area contributed by atoms with Gasteiger partial charge in [0.1, 0.15) is 0 Å². The number of halogens is 1. The van der Waals surface area contributed by atoms with E-state index in [0.717, 1.165) is 6.54 Å². The number of rotatable bonds is 3. The minimum absolute atomic E-state index is 0. The SMILES string of the molecule is C=C/C(C)=C\C[n+]1ccccc1.[Br-]. The van der Waals surface area contributed by atoms with Crippen molar-refractivity contribution in [2.45, 2.75) is 13.5 Å². The van der Waals surface area contributed by atoms with Crippen LogP contribution in [0.2, 0.25) is 0 Å². The molecule has 0 amide bonds. The molecule has 0 radical (unpaired) electrons. The van der Waals surface area contributed by atoms with E-state index in [1.165, 1.54) is 5.57 Å². The summed E-state index contributed by atoms with van der Waals surface area (Å²) in [5.74, 6) is 0. The van der Waals surface area contributed by atoms with Crippen LogP contribution in [0.5, 0.6) is 0 Å². The molecular weight excluding hydrogens is 226 g/mol. The van der Waals surface area contributed by atoms with Crippen molar-refractivity contribution in [1.82, 2.24) is 0 Å². The average molecular weight is 240 g/mol. The molecule has 70 valence electrons. The standard InChI is InChI=1S/C11H14N.BrH/c1-3-11(2)7-10-12-8-5-4-6-9-12;/h3-9H,1,10H2,2H3;1H/q+1;/p-1/b11-7-;. The number of aromatic nitrogens is 1. The molecule has 0 saturated carbocycles. The Morgan fingerprint density at radius 1 is 1.31 bits per heavy atom. The van der Waals surface area contributed by atoms with E-state index in [1.807, 2.05) is 36.7 Å². The van der Waals surface area contributed by atoms with Gasteiger partial charge in [0.2, 0.25) is 0 Å². The molecule has 0 N–H and O–H groups in total. The molecule has 0 spiro atoms. The van der Waals surface area contributed by atoms with E-state index in [9.17, 15) is 0 Å². The zero-order valence-electron chi connectivity index (χ0n) is 7.78. The molecule has 0 saturated heterocycles. The summed E-state index contributed by atoms with van der Waals surface area (Å²) >= 11 is 0. The normalized spacial score (nSPS) is 10.4. The lowest BCUT2D eigenvalue weighted by Gasteiger charge is -1.91. The number of hydrogen-bond donors (Lipinski definition) is 0. The molecule has 1 nitrogen and oxygen atoms in total. The highest BCUT2D eigenvalue weighted by molar-refractivity contribution is 5.11. The second-order valence-corrected chi connectivity index (χ2v) is 2.72. The summed E-state index contributed by atoms with van der Waals surface area (Å²) in [5, 5.41) is 0. The van der Waals surface area contributed by atoms with Crippen molar-refractivity contribution >= 4 is 0 Å². The molecule has 0 aromatic carbocycles. The molecule has 1 rings (SSSR count). The summed E-state index contributed by atoms with van der Waals surface area (Å²) in [5.41, 5.74) is 1.21. The van der Waals surface area contributed by atoms with E-state index >= 15 is 0 Å². The van der Waals surface area contributed by atoms with Crippen LogP contribution in [0.25, 0.3) is 0 Å². The summed E-state index contributed by atoms with van der Waals surface area (Å²) in [6.07, 6.45) is 8.11. The maximum Gasteiger partial charge on any atom is 0.169 e. The molecule has 13 heavy (non-hydrogen) atoms. The van der Waals surface area contributed by atoms with E-state index in [-0.39, 0.29) is 17.0 Å². The third kappa shape index (κ3) is 4.63. The third-order valence-electron chi connectivity index (χ3n) is 1.72. The minimum atomic E-state index is 0. The lowest BCUT2D eigenvalue weighted by Crippen LogP contribution is -3.00. The predicted molar refractivity (Wildman–Crippen MR) is 50.6 cm³/mol. The lowest BCUT2D eigenvalue weighted by molar-refractivity contribution is -0.687. The number of pyridine rings is 1.